The average Bonchev–Trinajstić information content (AvgIpc) is 2.55. The van der Waals surface area contributed by atoms with Gasteiger partial charge >= 0.3 is 0 Å². The second-order valence-electron chi connectivity index (χ2n) is 4.91. The Morgan fingerprint density at radius 2 is 1.93 bits per heavy atom. The minimum Gasteiger partial charge on any atom is -0.350 e. The summed E-state index contributed by atoms with van der Waals surface area (Å²) in [4.78, 5) is 0. The number of aryl methyl sites for hydroxylation is 1. The summed E-state index contributed by atoms with van der Waals surface area (Å²) >= 11 is 1.85. The molecule has 14 heavy (non-hydrogen) atoms. The minimum atomic E-state index is 0.228. The summed E-state index contributed by atoms with van der Waals surface area (Å²) in [6.45, 7) is 9.03. The van der Waals surface area contributed by atoms with Gasteiger partial charge in [-0.05, 0) is 18.4 Å². The summed E-state index contributed by atoms with van der Waals surface area (Å²) in [7, 11) is 2.17. The van der Waals surface area contributed by atoms with Crippen LogP contribution >= 0.6 is 11.3 Å². The molecular weight excluding hydrogens is 190 g/mol. The zero-order valence-corrected chi connectivity index (χ0v) is 10.3. The third-order valence-corrected chi connectivity index (χ3v) is 3.74. The van der Waals surface area contributed by atoms with E-state index < -0.39 is 0 Å². The van der Waals surface area contributed by atoms with E-state index >= 15 is 0 Å². The fourth-order valence-corrected chi connectivity index (χ4v) is 3.36. The first-order valence-corrected chi connectivity index (χ1v) is 5.84. The van der Waals surface area contributed by atoms with Crippen molar-refractivity contribution in [3.8, 4) is 0 Å². The van der Waals surface area contributed by atoms with Crippen LogP contribution < -0.4 is 0 Å². The number of nitrogens with zero attached hydrogens (tertiary/aromatic N) is 1. The Morgan fingerprint density at radius 3 is 2.50 bits per heavy atom. The molecular formula is C12H17NS. The number of fused-ring (bicyclic) bond motifs is 1. The molecule has 0 spiro atoms. The van der Waals surface area contributed by atoms with Crippen molar-refractivity contribution in [3.63, 3.8) is 0 Å². The fraction of sp³-hybridized carbons (Fsp3) is 0.500. The average molecular weight is 207 g/mol. The molecule has 0 radical (unpaired) electrons. The van der Waals surface area contributed by atoms with Gasteiger partial charge in [-0.2, -0.15) is 0 Å². The molecule has 2 aromatic rings. The van der Waals surface area contributed by atoms with Gasteiger partial charge in [0.05, 0.1) is 4.70 Å². The molecule has 2 heteroatoms. The van der Waals surface area contributed by atoms with Gasteiger partial charge in [0.2, 0.25) is 0 Å². The van der Waals surface area contributed by atoms with Crippen LogP contribution in [0.25, 0.3) is 10.1 Å². The van der Waals surface area contributed by atoms with Crippen LogP contribution in [0.15, 0.2) is 11.4 Å². The quantitative estimate of drug-likeness (QED) is 0.618. The molecule has 0 fully saturated rings. The maximum atomic E-state index is 2.33. The highest BCUT2D eigenvalue weighted by Crippen LogP contribution is 2.36. The van der Waals surface area contributed by atoms with E-state index in [9.17, 15) is 0 Å². The smallest absolute Gasteiger partial charge is 0.0560 e. The molecule has 0 atom stereocenters. The van der Waals surface area contributed by atoms with Crippen LogP contribution in [-0.2, 0) is 12.5 Å². The van der Waals surface area contributed by atoms with Gasteiger partial charge in [-0.1, -0.05) is 20.8 Å². The van der Waals surface area contributed by atoms with E-state index in [1.165, 1.54) is 21.5 Å². The van der Waals surface area contributed by atoms with Crippen molar-refractivity contribution in [2.24, 2.45) is 7.05 Å². The Hall–Kier alpha value is -0.760. The van der Waals surface area contributed by atoms with E-state index in [1.54, 1.807) is 0 Å². The highest BCUT2D eigenvalue weighted by molar-refractivity contribution is 7.17. The van der Waals surface area contributed by atoms with E-state index in [-0.39, 0.29) is 5.41 Å². The maximum absolute atomic E-state index is 2.33. The van der Waals surface area contributed by atoms with Crippen LogP contribution in [0.5, 0.6) is 0 Å². The lowest BCUT2D eigenvalue weighted by Gasteiger charge is -2.20. The Balaban J connectivity index is 2.86. The van der Waals surface area contributed by atoms with E-state index in [0.717, 1.165) is 0 Å². The summed E-state index contributed by atoms with van der Waals surface area (Å²) in [6, 6.07) is 2.23. The van der Waals surface area contributed by atoms with Gasteiger partial charge in [-0.3, -0.25) is 0 Å². The number of hydrogen-bond donors (Lipinski definition) is 0. The molecule has 0 unspecified atom stereocenters. The van der Waals surface area contributed by atoms with Crippen LogP contribution in [0.4, 0.5) is 0 Å². The van der Waals surface area contributed by atoms with Crippen molar-refractivity contribution in [2.75, 3.05) is 0 Å². The summed E-state index contributed by atoms with van der Waals surface area (Å²) in [5.41, 5.74) is 3.07. The van der Waals surface area contributed by atoms with Gasteiger partial charge in [0, 0.05) is 29.2 Å². The molecule has 0 aliphatic rings. The standard InChI is InChI=1S/C12H17NS/c1-8-9-6-7-14-10(9)11(13(8)5)12(2,3)4/h6-7H,1-5H3. The molecule has 0 aliphatic carbocycles. The lowest BCUT2D eigenvalue weighted by atomic mass is 9.92. The lowest BCUT2D eigenvalue weighted by Crippen LogP contribution is -2.16. The molecule has 0 aromatic carbocycles. The zero-order chi connectivity index (χ0) is 10.5. The van der Waals surface area contributed by atoms with E-state index in [2.05, 4.69) is 50.8 Å². The molecule has 76 valence electrons. The Kier molecular flexibility index (Phi) is 2.00. The lowest BCUT2D eigenvalue weighted by molar-refractivity contribution is 0.545. The van der Waals surface area contributed by atoms with Crippen molar-refractivity contribution in [2.45, 2.75) is 33.1 Å². The topological polar surface area (TPSA) is 4.93 Å². The van der Waals surface area contributed by atoms with Crippen LogP contribution in [0, 0.1) is 6.92 Å². The van der Waals surface area contributed by atoms with Gasteiger partial charge in [0.25, 0.3) is 0 Å². The van der Waals surface area contributed by atoms with Crippen LogP contribution in [-0.4, -0.2) is 4.57 Å². The molecule has 0 amide bonds. The molecule has 0 bridgehead atoms. The second kappa shape index (κ2) is 2.86. The Labute approximate surface area is 89.4 Å². The SMILES string of the molecule is Cc1c2ccsc2c(C(C)(C)C)n1C. The molecule has 0 aliphatic heterocycles. The van der Waals surface area contributed by atoms with Crippen LogP contribution in [0.1, 0.15) is 32.2 Å². The zero-order valence-electron chi connectivity index (χ0n) is 9.51. The fourth-order valence-electron chi connectivity index (χ4n) is 2.12. The number of thiophene rings is 1. The van der Waals surface area contributed by atoms with Crippen molar-refractivity contribution >= 4 is 21.4 Å². The third-order valence-electron chi connectivity index (χ3n) is 2.82. The second-order valence-corrected chi connectivity index (χ2v) is 5.82. The first-order valence-electron chi connectivity index (χ1n) is 4.96. The molecule has 0 N–H and O–H groups in total. The highest BCUT2D eigenvalue weighted by Gasteiger charge is 2.23. The van der Waals surface area contributed by atoms with Gasteiger partial charge in [-0.25, -0.2) is 0 Å². The summed E-state index contributed by atoms with van der Waals surface area (Å²) in [5.74, 6) is 0. The molecule has 2 rings (SSSR count). The van der Waals surface area contributed by atoms with E-state index in [4.69, 9.17) is 0 Å². The first-order chi connectivity index (χ1) is 6.43. The van der Waals surface area contributed by atoms with Crippen molar-refractivity contribution in [1.29, 1.82) is 0 Å². The van der Waals surface area contributed by atoms with Crippen LogP contribution in [0.2, 0.25) is 0 Å². The minimum absolute atomic E-state index is 0.228. The predicted octanol–water partition coefficient (Wildman–Crippen LogP) is 3.85. The van der Waals surface area contributed by atoms with Gasteiger partial charge in [-0.15, -0.1) is 11.3 Å². The maximum Gasteiger partial charge on any atom is 0.0560 e. The Bertz CT molecular complexity index is 468. The van der Waals surface area contributed by atoms with Crippen LogP contribution in [0.3, 0.4) is 0 Å². The summed E-state index contributed by atoms with van der Waals surface area (Å²) in [6.07, 6.45) is 0. The normalized spacial score (nSPS) is 12.6. The largest absolute Gasteiger partial charge is 0.350 e. The molecule has 2 aromatic heterocycles. The molecule has 1 nitrogen and oxygen atoms in total. The Morgan fingerprint density at radius 1 is 1.29 bits per heavy atom. The van der Waals surface area contributed by atoms with Gasteiger partial charge in [0.15, 0.2) is 0 Å². The molecule has 0 saturated heterocycles. The van der Waals surface area contributed by atoms with Crippen molar-refractivity contribution in [3.05, 3.63) is 22.8 Å². The summed E-state index contributed by atoms with van der Waals surface area (Å²) < 4.78 is 3.79. The van der Waals surface area contributed by atoms with Gasteiger partial charge < -0.3 is 4.57 Å². The molecule has 2 heterocycles. The first kappa shape index (κ1) is 9.78. The number of aromatic nitrogens is 1. The van der Waals surface area contributed by atoms with Crippen molar-refractivity contribution in [1.82, 2.24) is 4.57 Å². The third kappa shape index (κ3) is 1.21. The van der Waals surface area contributed by atoms with Crippen molar-refractivity contribution < 1.29 is 0 Å². The monoisotopic (exact) mass is 207 g/mol. The van der Waals surface area contributed by atoms with E-state index in [0.29, 0.717) is 0 Å². The summed E-state index contributed by atoms with van der Waals surface area (Å²) in [5, 5.41) is 3.61. The molecule has 0 saturated carbocycles. The highest BCUT2D eigenvalue weighted by atomic mass is 32.1. The number of rotatable bonds is 0. The number of hydrogen-bond acceptors (Lipinski definition) is 1. The van der Waals surface area contributed by atoms with E-state index in [1.807, 2.05) is 11.3 Å². The predicted molar refractivity (Wildman–Crippen MR) is 64.2 cm³/mol. The van der Waals surface area contributed by atoms with Gasteiger partial charge in [0.1, 0.15) is 0 Å².